The monoisotopic (exact) mass is 372 g/mol. The van der Waals surface area contributed by atoms with Gasteiger partial charge in [0, 0.05) is 25.0 Å². The van der Waals surface area contributed by atoms with Gasteiger partial charge >= 0.3 is 0 Å². The van der Waals surface area contributed by atoms with Gasteiger partial charge in [0.05, 0.1) is 13.0 Å². The van der Waals surface area contributed by atoms with E-state index in [0.29, 0.717) is 32.2 Å². The van der Waals surface area contributed by atoms with Crippen LogP contribution in [0.25, 0.3) is 0 Å². The number of carbonyl (C=O) groups is 2. The Bertz CT molecular complexity index is 589. The highest BCUT2D eigenvalue weighted by atomic mass is 16.5. The van der Waals surface area contributed by atoms with Gasteiger partial charge in [-0.2, -0.15) is 0 Å². The molecule has 1 saturated carbocycles. The second-order valence-electron chi connectivity index (χ2n) is 7.76. The number of nitrogens with one attached hydrogen (secondary N) is 1. The van der Waals surface area contributed by atoms with Crippen molar-refractivity contribution in [2.24, 2.45) is 5.92 Å². The number of para-hydroxylation sites is 1. The van der Waals surface area contributed by atoms with Crippen LogP contribution in [0.4, 0.5) is 0 Å². The summed E-state index contributed by atoms with van der Waals surface area (Å²) in [6.45, 7) is 1.74. The van der Waals surface area contributed by atoms with Crippen LogP contribution >= 0.6 is 0 Å². The van der Waals surface area contributed by atoms with Crippen molar-refractivity contribution in [2.75, 3.05) is 19.7 Å². The first kappa shape index (κ1) is 19.7. The first-order valence-corrected chi connectivity index (χ1v) is 10.5. The first-order valence-electron chi connectivity index (χ1n) is 10.5. The van der Waals surface area contributed by atoms with Crippen molar-refractivity contribution in [1.29, 1.82) is 0 Å². The molecule has 148 valence electrons. The Morgan fingerprint density at radius 3 is 2.30 bits per heavy atom. The molecule has 0 aromatic heterocycles. The van der Waals surface area contributed by atoms with E-state index in [1.807, 2.05) is 35.2 Å². The van der Waals surface area contributed by atoms with E-state index >= 15 is 0 Å². The predicted octanol–water partition coefficient (Wildman–Crippen LogP) is 3.53. The van der Waals surface area contributed by atoms with Gasteiger partial charge in [-0.15, -0.1) is 0 Å². The lowest BCUT2D eigenvalue weighted by atomic mass is 9.95. The molecule has 1 saturated heterocycles. The second kappa shape index (κ2) is 10.3. The van der Waals surface area contributed by atoms with E-state index in [1.165, 1.54) is 25.7 Å². The molecule has 0 spiro atoms. The van der Waals surface area contributed by atoms with Crippen molar-refractivity contribution in [1.82, 2.24) is 10.2 Å². The number of amides is 2. The molecule has 0 atom stereocenters. The lowest BCUT2D eigenvalue weighted by molar-refractivity contribution is -0.136. The standard InChI is InChI=1S/C22H32N2O3/c25-21(14-17-27-20-10-6-3-7-11-20)24-15-12-18(13-16-24)22(26)23-19-8-4-1-2-5-9-19/h3,6-7,10-11,18-19H,1-2,4-5,8-9,12-17H2,(H,23,26). The van der Waals surface area contributed by atoms with Crippen LogP contribution in [-0.4, -0.2) is 42.5 Å². The topological polar surface area (TPSA) is 58.6 Å². The summed E-state index contributed by atoms with van der Waals surface area (Å²) in [4.78, 5) is 26.8. The lowest BCUT2D eigenvalue weighted by Crippen LogP contribution is -2.45. The number of ether oxygens (including phenoxy) is 1. The summed E-state index contributed by atoms with van der Waals surface area (Å²) < 4.78 is 5.61. The molecule has 1 aromatic rings. The summed E-state index contributed by atoms with van der Waals surface area (Å²) in [6, 6.07) is 9.92. The van der Waals surface area contributed by atoms with Gasteiger partial charge in [0.25, 0.3) is 0 Å². The lowest BCUT2D eigenvalue weighted by Gasteiger charge is -2.32. The Morgan fingerprint density at radius 1 is 0.963 bits per heavy atom. The van der Waals surface area contributed by atoms with E-state index in [1.54, 1.807) is 0 Å². The largest absolute Gasteiger partial charge is 0.493 e. The number of benzene rings is 1. The maximum atomic E-state index is 12.5. The van der Waals surface area contributed by atoms with Gasteiger partial charge < -0.3 is 15.0 Å². The number of rotatable bonds is 6. The molecule has 5 heteroatoms. The number of hydrogen-bond acceptors (Lipinski definition) is 3. The van der Waals surface area contributed by atoms with E-state index in [4.69, 9.17) is 4.74 Å². The smallest absolute Gasteiger partial charge is 0.225 e. The molecule has 2 fully saturated rings. The maximum absolute atomic E-state index is 12.5. The van der Waals surface area contributed by atoms with Gasteiger partial charge in [0.1, 0.15) is 5.75 Å². The molecule has 0 bridgehead atoms. The average molecular weight is 373 g/mol. The summed E-state index contributed by atoms with van der Waals surface area (Å²) in [5.74, 6) is 1.16. The van der Waals surface area contributed by atoms with Crippen molar-refractivity contribution in [3.05, 3.63) is 30.3 Å². The third kappa shape index (κ3) is 6.26. The van der Waals surface area contributed by atoms with E-state index in [2.05, 4.69) is 5.32 Å². The zero-order valence-electron chi connectivity index (χ0n) is 16.2. The molecular weight excluding hydrogens is 340 g/mol. The summed E-state index contributed by atoms with van der Waals surface area (Å²) in [5.41, 5.74) is 0. The van der Waals surface area contributed by atoms with Gasteiger partial charge in [-0.25, -0.2) is 0 Å². The number of carbonyl (C=O) groups excluding carboxylic acids is 2. The molecule has 3 rings (SSSR count). The minimum Gasteiger partial charge on any atom is -0.493 e. The third-order valence-electron chi connectivity index (χ3n) is 5.75. The Morgan fingerprint density at radius 2 is 1.63 bits per heavy atom. The van der Waals surface area contributed by atoms with E-state index in [-0.39, 0.29) is 17.7 Å². The van der Waals surface area contributed by atoms with Crippen molar-refractivity contribution >= 4 is 11.8 Å². The van der Waals surface area contributed by atoms with Crippen LogP contribution in [0.15, 0.2) is 30.3 Å². The Labute approximate surface area is 162 Å². The van der Waals surface area contributed by atoms with Crippen molar-refractivity contribution in [3.8, 4) is 5.75 Å². The van der Waals surface area contributed by atoms with Gasteiger partial charge in [-0.05, 0) is 37.8 Å². The fraction of sp³-hybridized carbons (Fsp3) is 0.636. The average Bonchev–Trinajstić information content (AvgIpc) is 2.97. The Kier molecular flexibility index (Phi) is 7.55. The molecule has 1 aliphatic carbocycles. The highest BCUT2D eigenvalue weighted by Crippen LogP contribution is 2.21. The zero-order valence-corrected chi connectivity index (χ0v) is 16.2. The maximum Gasteiger partial charge on any atom is 0.225 e. The molecule has 1 aliphatic heterocycles. The molecule has 27 heavy (non-hydrogen) atoms. The summed E-state index contributed by atoms with van der Waals surface area (Å²) in [5, 5.41) is 3.26. The highest BCUT2D eigenvalue weighted by Gasteiger charge is 2.28. The Balaban J connectivity index is 1.35. The quantitative estimate of drug-likeness (QED) is 0.777. The normalized spacial score (nSPS) is 19.3. The summed E-state index contributed by atoms with van der Waals surface area (Å²) >= 11 is 0. The van der Waals surface area contributed by atoms with Crippen molar-refractivity contribution in [3.63, 3.8) is 0 Å². The molecule has 5 nitrogen and oxygen atoms in total. The van der Waals surface area contributed by atoms with Crippen molar-refractivity contribution in [2.45, 2.75) is 63.8 Å². The van der Waals surface area contributed by atoms with Crippen LogP contribution in [0.1, 0.15) is 57.8 Å². The van der Waals surface area contributed by atoms with Gasteiger partial charge in [0.2, 0.25) is 11.8 Å². The molecule has 2 amide bonds. The second-order valence-corrected chi connectivity index (χ2v) is 7.76. The fourth-order valence-electron chi connectivity index (χ4n) is 4.06. The van der Waals surface area contributed by atoms with Crippen LogP contribution in [0, 0.1) is 5.92 Å². The minimum absolute atomic E-state index is 0.0536. The van der Waals surface area contributed by atoms with E-state index in [0.717, 1.165) is 31.4 Å². The van der Waals surface area contributed by atoms with Crippen LogP contribution in [0.2, 0.25) is 0 Å². The number of hydrogen-bond donors (Lipinski definition) is 1. The van der Waals surface area contributed by atoms with Gasteiger partial charge in [-0.3, -0.25) is 9.59 Å². The van der Waals surface area contributed by atoms with Crippen LogP contribution in [0.5, 0.6) is 5.75 Å². The highest BCUT2D eigenvalue weighted by molar-refractivity contribution is 5.80. The first-order chi connectivity index (χ1) is 13.2. The molecule has 1 aromatic carbocycles. The summed E-state index contributed by atoms with van der Waals surface area (Å²) in [6.07, 6.45) is 9.18. The van der Waals surface area contributed by atoms with Gasteiger partial charge in [-0.1, -0.05) is 43.9 Å². The molecule has 1 heterocycles. The van der Waals surface area contributed by atoms with Crippen LogP contribution in [0.3, 0.4) is 0 Å². The number of nitrogens with zero attached hydrogens (tertiary/aromatic N) is 1. The molecule has 0 radical (unpaired) electrons. The molecule has 0 unspecified atom stereocenters. The zero-order chi connectivity index (χ0) is 18.9. The third-order valence-corrected chi connectivity index (χ3v) is 5.75. The predicted molar refractivity (Wildman–Crippen MR) is 105 cm³/mol. The number of piperidine rings is 1. The minimum atomic E-state index is 0.0536. The van der Waals surface area contributed by atoms with Gasteiger partial charge in [0.15, 0.2) is 0 Å². The van der Waals surface area contributed by atoms with Crippen LogP contribution < -0.4 is 10.1 Å². The SMILES string of the molecule is O=C(NC1CCCCCC1)C1CCN(C(=O)CCOc2ccccc2)CC1. The van der Waals surface area contributed by atoms with Crippen LogP contribution in [-0.2, 0) is 9.59 Å². The molecule has 2 aliphatic rings. The fourth-order valence-corrected chi connectivity index (χ4v) is 4.06. The van der Waals surface area contributed by atoms with E-state index in [9.17, 15) is 9.59 Å². The van der Waals surface area contributed by atoms with Crippen molar-refractivity contribution < 1.29 is 14.3 Å². The Hall–Kier alpha value is -2.04. The van der Waals surface area contributed by atoms with E-state index < -0.39 is 0 Å². The molecular formula is C22H32N2O3. The molecule has 1 N–H and O–H groups in total. The summed E-state index contributed by atoms with van der Waals surface area (Å²) in [7, 11) is 0. The number of likely N-dealkylation sites (tertiary alicyclic amines) is 1.